The summed E-state index contributed by atoms with van der Waals surface area (Å²) in [5, 5.41) is 20.5. The first kappa shape index (κ1) is 13.7. The van der Waals surface area contributed by atoms with Crippen LogP contribution in [0.2, 0.25) is 0 Å². The van der Waals surface area contributed by atoms with E-state index in [1.807, 2.05) is 28.8 Å². The second-order valence-corrected chi connectivity index (χ2v) is 6.63. The molecule has 3 aromatic rings. The standard InChI is InChI=1S/C17H19N7/c1-2-7-24-15(6-1)20-22-17(24)18-9-12-10-23(11-12)16-8-13-4-3-5-14(13)19-21-16/h1-2,6-8,12H,3-5,9-11H2,(H,18,22). The van der Waals surface area contributed by atoms with Crippen LogP contribution in [0.5, 0.6) is 0 Å². The third-order valence-corrected chi connectivity index (χ3v) is 4.95. The maximum atomic E-state index is 4.39. The van der Waals surface area contributed by atoms with Gasteiger partial charge in [0.25, 0.3) is 0 Å². The molecule has 122 valence electrons. The zero-order valence-electron chi connectivity index (χ0n) is 13.4. The van der Waals surface area contributed by atoms with Gasteiger partial charge < -0.3 is 10.2 Å². The Morgan fingerprint density at radius 1 is 1.08 bits per heavy atom. The minimum Gasteiger partial charge on any atom is -0.354 e. The van der Waals surface area contributed by atoms with Gasteiger partial charge in [0.15, 0.2) is 11.5 Å². The van der Waals surface area contributed by atoms with Crippen molar-refractivity contribution in [1.29, 1.82) is 0 Å². The zero-order chi connectivity index (χ0) is 15.9. The third kappa shape index (κ3) is 2.28. The summed E-state index contributed by atoms with van der Waals surface area (Å²) in [6, 6.07) is 8.13. The fraction of sp³-hybridized carbons (Fsp3) is 0.412. The lowest BCUT2D eigenvalue weighted by Crippen LogP contribution is -2.50. The van der Waals surface area contributed by atoms with Gasteiger partial charge in [0.05, 0.1) is 5.69 Å². The fourth-order valence-electron chi connectivity index (χ4n) is 3.56. The molecule has 0 unspecified atom stereocenters. The summed E-state index contributed by atoms with van der Waals surface area (Å²) in [6.07, 6.45) is 5.43. The molecule has 0 radical (unpaired) electrons. The van der Waals surface area contributed by atoms with Crippen molar-refractivity contribution in [2.75, 3.05) is 29.9 Å². The summed E-state index contributed by atoms with van der Waals surface area (Å²) in [5.41, 5.74) is 3.44. The molecule has 0 spiro atoms. The molecule has 1 saturated heterocycles. The molecule has 0 bridgehead atoms. The zero-order valence-corrected chi connectivity index (χ0v) is 13.4. The van der Waals surface area contributed by atoms with E-state index in [1.54, 1.807) is 0 Å². The second kappa shape index (κ2) is 5.43. The Hall–Kier alpha value is -2.70. The molecule has 1 N–H and O–H groups in total. The minimum absolute atomic E-state index is 0.594. The lowest BCUT2D eigenvalue weighted by atomic mass is 10.00. The van der Waals surface area contributed by atoms with Crippen molar-refractivity contribution in [2.45, 2.75) is 19.3 Å². The Labute approximate surface area is 139 Å². The molecule has 7 nitrogen and oxygen atoms in total. The van der Waals surface area contributed by atoms with Crippen LogP contribution in [0, 0.1) is 5.92 Å². The molecule has 4 heterocycles. The smallest absolute Gasteiger partial charge is 0.229 e. The summed E-state index contributed by atoms with van der Waals surface area (Å²) in [6.45, 7) is 2.92. The van der Waals surface area contributed by atoms with Crippen LogP contribution >= 0.6 is 0 Å². The largest absolute Gasteiger partial charge is 0.354 e. The topological polar surface area (TPSA) is 71.2 Å². The molecular formula is C17H19N7. The van der Waals surface area contributed by atoms with E-state index in [1.165, 1.54) is 17.7 Å². The van der Waals surface area contributed by atoms with Gasteiger partial charge in [-0.15, -0.1) is 15.3 Å². The Morgan fingerprint density at radius 3 is 3.00 bits per heavy atom. The number of pyridine rings is 1. The van der Waals surface area contributed by atoms with Crippen LogP contribution in [0.4, 0.5) is 11.8 Å². The molecule has 5 rings (SSSR count). The summed E-state index contributed by atoms with van der Waals surface area (Å²) >= 11 is 0. The molecule has 0 atom stereocenters. The molecule has 3 aromatic heterocycles. The first-order valence-corrected chi connectivity index (χ1v) is 8.51. The lowest BCUT2D eigenvalue weighted by molar-refractivity contribution is 0.424. The Balaban J connectivity index is 1.20. The van der Waals surface area contributed by atoms with Gasteiger partial charge in [-0.3, -0.25) is 4.40 Å². The highest BCUT2D eigenvalue weighted by Gasteiger charge is 2.29. The van der Waals surface area contributed by atoms with E-state index in [2.05, 4.69) is 36.7 Å². The number of hydrogen-bond donors (Lipinski definition) is 1. The molecule has 0 aromatic carbocycles. The number of rotatable bonds is 4. The molecule has 0 saturated carbocycles. The lowest BCUT2D eigenvalue weighted by Gasteiger charge is -2.40. The van der Waals surface area contributed by atoms with Gasteiger partial charge in [-0.2, -0.15) is 5.10 Å². The van der Waals surface area contributed by atoms with Crippen molar-refractivity contribution in [1.82, 2.24) is 24.8 Å². The van der Waals surface area contributed by atoms with E-state index in [4.69, 9.17) is 0 Å². The number of aromatic nitrogens is 5. The van der Waals surface area contributed by atoms with E-state index in [-0.39, 0.29) is 0 Å². The quantitative estimate of drug-likeness (QED) is 0.786. The predicted octanol–water partition coefficient (Wildman–Crippen LogP) is 1.56. The third-order valence-electron chi connectivity index (χ3n) is 4.95. The minimum atomic E-state index is 0.594. The van der Waals surface area contributed by atoms with E-state index in [0.717, 1.165) is 49.9 Å². The van der Waals surface area contributed by atoms with Crippen LogP contribution < -0.4 is 10.2 Å². The summed E-state index contributed by atoms with van der Waals surface area (Å²) < 4.78 is 1.97. The fourth-order valence-corrected chi connectivity index (χ4v) is 3.56. The van der Waals surface area contributed by atoms with Crippen LogP contribution in [0.3, 0.4) is 0 Å². The molecule has 7 heteroatoms. The van der Waals surface area contributed by atoms with Gasteiger partial charge in [-0.25, -0.2) is 0 Å². The van der Waals surface area contributed by atoms with Crippen molar-refractivity contribution < 1.29 is 0 Å². The van der Waals surface area contributed by atoms with Crippen LogP contribution in [-0.2, 0) is 12.8 Å². The molecule has 0 amide bonds. The number of nitrogens with one attached hydrogen (secondary N) is 1. The SMILES string of the molecule is c1ccn2c(NCC3CN(c4cc5c(nn4)CCC5)C3)nnc2c1. The Kier molecular flexibility index (Phi) is 3.11. The highest BCUT2D eigenvalue weighted by Crippen LogP contribution is 2.27. The molecular weight excluding hydrogens is 302 g/mol. The summed E-state index contributed by atoms with van der Waals surface area (Å²) in [4.78, 5) is 2.31. The van der Waals surface area contributed by atoms with E-state index in [9.17, 15) is 0 Å². The van der Waals surface area contributed by atoms with Gasteiger partial charge in [0, 0.05) is 31.7 Å². The van der Waals surface area contributed by atoms with Gasteiger partial charge in [0.1, 0.15) is 0 Å². The van der Waals surface area contributed by atoms with E-state index >= 15 is 0 Å². The molecule has 2 aliphatic rings. The maximum absolute atomic E-state index is 4.39. The van der Waals surface area contributed by atoms with Gasteiger partial charge in [0.2, 0.25) is 5.95 Å². The van der Waals surface area contributed by atoms with Crippen LogP contribution in [0.1, 0.15) is 17.7 Å². The van der Waals surface area contributed by atoms with Crippen LogP contribution in [0.15, 0.2) is 30.5 Å². The number of hydrogen-bond acceptors (Lipinski definition) is 6. The van der Waals surface area contributed by atoms with Gasteiger partial charge in [-0.05, 0) is 43.0 Å². The van der Waals surface area contributed by atoms with Gasteiger partial charge >= 0.3 is 0 Å². The molecule has 1 aliphatic heterocycles. The van der Waals surface area contributed by atoms with Crippen molar-refractivity contribution in [3.8, 4) is 0 Å². The first-order valence-electron chi connectivity index (χ1n) is 8.51. The van der Waals surface area contributed by atoms with Gasteiger partial charge in [-0.1, -0.05) is 6.07 Å². The van der Waals surface area contributed by atoms with Crippen molar-refractivity contribution in [3.05, 3.63) is 41.7 Å². The van der Waals surface area contributed by atoms with Crippen LogP contribution in [0.25, 0.3) is 5.65 Å². The number of fused-ring (bicyclic) bond motifs is 2. The average molecular weight is 321 g/mol. The molecule has 1 aliphatic carbocycles. The molecule has 24 heavy (non-hydrogen) atoms. The highest BCUT2D eigenvalue weighted by atomic mass is 15.3. The van der Waals surface area contributed by atoms with Crippen molar-refractivity contribution in [3.63, 3.8) is 0 Å². The Bertz CT molecular complexity index is 882. The van der Waals surface area contributed by atoms with Crippen LogP contribution in [-0.4, -0.2) is 44.4 Å². The summed E-state index contributed by atoms with van der Waals surface area (Å²) in [7, 11) is 0. The Morgan fingerprint density at radius 2 is 2.04 bits per heavy atom. The van der Waals surface area contributed by atoms with Crippen molar-refractivity contribution in [2.24, 2.45) is 5.92 Å². The summed E-state index contributed by atoms with van der Waals surface area (Å²) in [5.74, 6) is 2.43. The number of nitrogens with zero attached hydrogens (tertiary/aromatic N) is 6. The average Bonchev–Trinajstić information content (AvgIpc) is 3.19. The number of anilines is 2. The van der Waals surface area contributed by atoms with E-state index in [0.29, 0.717) is 5.92 Å². The highest BCUT2D eigenvalue weighted by molar-refractivity contribution is 5.47. The van der Waals surface area contributed by atoms with Crippen molar-refractivity contribution >= 4 is 17.4 Å². The molecule has 1 fully saturated rings. The second-order valence-electron chi connectivity index (χ2n) is 6.63. The number of aryl methyl sites for hydroxylation is 2. The maximum Gasteiger partial charge on any atom is 0.229 e. The first-order chi connectivity index (χ1) is 11.9. The predicted molar refractivity (Wildman–Crippen MR) is 91.2 cm³/mol. The monoisotopic (exact) mass is 321 g/mol. The van der Waals surface area contributed by atoms with E-state index < -0.39 is 0 Å². The normalized spacial score (nSPS) is 17.1.